The van der Waals surface area contributed by atoms with Gasteiger partial charge >= 0.3 is 0 Å². The third-order valence-electron chi connectivity index (χ3n) is 2.97. The predicted molar refractivity (Wildman–Crippen MR) is 98.2 cm³/mol. The van der Waals surface area contributed by atoms with E-state index in [-0.39, 0.29) is 18.3 Å². The highest BCUT2D eigenvalue weighted by atomic mass is 35.5. The van der Waals surface area contributed by atoms with Crippen LogP contribution in [0, 0.1) is 0 Å². The lowest BCUT2D eigenvalue weighted by molar-refractivity contribution is -0.117. The molecule has 0 aliphatic heterocycles. The number of halogens is 1. The average Bonchev–Trinajstić information content (AvgIpc) is 2.92. The maximum absolute atomic E-state index is 11.9. The zero-order valence-electron chi connectivity index (χ0n) is 12.3. The van der Waals surface area contributed by atoms with Crippen molar-refractivity contribution in [2.45, 2.75) is 18.9 Å². The molecule has 7 heteroatoms. The van der Waals surface area contributed by atoms with E-state index >= 15 is 0 Å². The van der Waals surface area contributed by atoms with Gasteiger partial charge in [0.05, 0.1) is 6.04 Å². The Kier molecular flexibility index (Phi) is 8.48. The molecular weight excluding hydrogens is 338 g/mol. The third-order valence-corrected chi connectivity index (χ3v) is 4.53. The first-order chi connectivity index (χ1) is 10.2. The van der Waals surface area contributed by atoms with E-state index in [1.54, 1.807) is 18.0 Å². The van der Waals surface area contributed by atoms with E-state index in [0.717, 1.165) is 17.1 Å². The molecule has 0 aliphatic carbocycles. The minimum atomic E-state index is -0.473. The second-order valence-corrected chi connectivity index (χ2v) is 6.77. The summed E-state index contributed by atoms with van der Waals surface area (Å²) in [5.74, 6) is 0.718. The molecule has 0 radical (unpaired) electrons. The van der Waals surface area contributed by atoms with Gasteiger partial charge in [0.1, 0.15) is 0 Å². The van der Waals surface area contributed by atoms with Crippen LogP contribution in [0.2, 0.25) is 0 Å². The number of thioether (sulfide) groups is 1. The molecule has 3 N–H and O–H groups in total. The van der Waals surface area contributed by atoms with Gasteiger partial charge in [-0.1, -0.05) is 30.3 Å². The topological polar surface area (TPSA) is 68.0 Å². The Morgan fingerprint density at radius 3 is 2.82 bits per heavy atom. The normalized spacial score (nSPS) is 11.5. The van der Waals surface area contributed by atoms with Crippen molar-refractivity contribution in [1.82, 2.24) is 4.98 Å². The van der Waals surface area contributed by atoms with Crippen LogP contribution in [0.25, 0.3) is 0 Å². The maximum Gasteiger partial charge on any atom is 0.243 e. The van der Waals surface area contributed by atoms with E-state index in [4.69, 9.17) is 5.73 Å². The molecule has 22 heavy (non-hydrogen) atoms. The fourth-order valence-electron chi connectivity index (χ4n) is 1.82. The van der Waals surface area contributed by atoms with Crippen molar-refractivity contribution in [3.8, 4) is 0 Å². The molecule has 1 heterocycles. The number of nitrogens with one attached hydrogen (secondary N) is 1. The van der Waals surface area contributed by atoms with Crippen molar-refractivity contribution in [2.75, 3.05) is 17.3 Å². The van der Waals surface area contributed by atoms with Gasteiger partial charge in [-0.25, -0.2) is 4.98 Å². The smallest absolute Gasteiger partial charge is 0.243 e. The van der Waals surface area contributed by atoms with Crippen LogP contribution in [0.1, 0.15) is 16.9 Å². The van der Waals surface area contributed by atoms with Crippen LogP contribution in [0.3, 0.4) is 0 Å². The standard InChI is InChI=1S/C15H19N3OS2.ClH/c1-20-8-7-13(16)14(19)18-15-17-10-12(21-15)9-11-5-3-2-4-6-11;/h2-6,10,13H,7-9,16H2,1H3,(H,17,18,19);1H/t13-;/m0./s1. The van der Waals surface area contributed by atoms with Crippen molar-refractivity contribution in [2.24, 2.45) is 5.73 Å². The monoisotopic (exact) mass is 357 g/mol. The fourth-order valence-corrected chi connectivity index (χ4v) is 3.16. The van der Waals surface area contributed by atoms with Gasteiger partial charge in [0.15, 0.2) is 5.13 Å². The Labute approximate surface area is 145 Å². The highest BCUT2D eigenvalue weighted by Crippen LogP contribution is 2.21. The summed E-state index contributed by atoms with van der Waals surface area (Å²) in [7, 11) is 0. The minimum Gasteiger partial charge on any atom is -0.320 e. The van der Waals surface area contributed by atoms with Gasteiger partial charge in [0.2, 0.25) is 5.91 Å². The molecule has 4 nitrogen and oxygen atoms in total. The first kappa shape index (κ1) is 19.0. The number of aromatic nitrogens is 1. The summed E-state index contributed by atoms with van der Waals surface area (Å²) in [5.41, 5.74) is 7.07. The Hall–Kier alpha value is -1.08. The summed E-state index contributed by atoms with van der Waals surface area (Å²) in [6, 6.07) is 9.72. The van der Waals surface area contributed by atoms with Crippen LogP contribution in [0.5, 0.6) is 0 Å². The van der Waals surface area contributed by atoms with E-state index in [0.29, 0.717) is 11.6 Å². The number of rotatable bonds is 7. The minimum absolute atomic E-state index is 0. The van der Waals surface area contributed by atoms with Crippen LogP contribution >= 0.6 is 35.5 Å². The molecule has 1 atom stereocenters. The number of benzene rings is 1. The van der Waals surface area contributed by atoms with Gasteiger partial charge in [0.25, 0.3) is 0 Å². The average molecular weight is 358 g/mol. The molecule has 0 spiro atoms. The molecule has 1 aromatic heterocycles. The lowest BCUT2D eigenvalue weighted by Gasteiger charge is -2.09. The van der Waals surface area contributed by atoms with Crippen molar-refractivity contribution in [1.29, 1.82) is 0 Å². The number of nitrogens with two attached hydrogens (primary N) is 1. The Morgan fingerprint density at radius 1 is 1.41 bits per heavy atom. The molecule has 0 fully saturated rings. The number of thiazole rings is 1. The molecule has 0 saturated heterocycles. The summed E-state index contributed by atoms with van der Waals surface area (Å²) in [6.45, 7) is 0. The SMILES string of the molecule is CSCC[C@H](N)C(=O)Nc1ncc(Cc2ccccc2)s1.Cl. The predicted octanol–water partition coefficient (Wildman–Crippen LogP) is 3.17. The molecule has 120 valence electrons. The first-order valence-electron chi connectivity index (χ1n) is 6.73. The molecule has 0 saturated carbocycles. The van der Waals surface area contributed by atoms with Gasteiger partial charge in [-0.05, 0) is 24.0 Å². The van der Waals surface area contributed by atoms with E-state index in [1.165, 1.54) is 16.9 Å². The van der Waals surface area contributed by atoms with E-state index < -0.39 is 6.04 Å². The second-order valence-electron chi connectivity index (χ2n) is 4.67. The molecule has 2 rings (SSSR count). The summed E-state index contributed by atoms with van der Waals surface area (Å²) < 4.78 is 0. The van der Waals surface area contributed by atoms with E-state index in [1.807, 2.05) is 24.5 Å². The molecule has 2 aromatic rings. The zero-order valence-corrected chi connectivity index (χ0v) is 14.8. The summed E-state index contributed by atoms with van der Waals surface area (Å²) in [4.78, 5) is 17.3. The number of hydrogen-bond acceptors (Lipinski definition) is 5. The maximum atomic E-state index is 11.9. The molecule has 0 aliphatic rings. The number of carbonyl (C=O) groups excluding carboxylic acids is 1. The number of nitrogens with zero attached hydrogens (tertiary/aromatic N) is 1. The first-order valence-corrected chi connectivity index (χ1v) is 8.94. The summed E-state index contributed by atoms with van der Waals surface area (Å²) in [6.07, 6.45) is 5.31. The molecule has 1 aromatic carbocycles. The number of anilines is 1. The van der Waals surface area contributed by atoms with Gasteiger partial charge in [0, 0.05) is 17.5 Å². The lowest BCUT2D eigenvalue weighted by Crippen LogP contribution is -2.36. The van der Waals surface area contributed by atoms with Crippen molar-refractivity contribution >= 4 is 46.5 Å². The second kappa shape index (κ2) is 9.84. The quantitative estimate of drug-likeness (QED) is 0.798. The molecule has 0 bridgehead atoms. The summed E-state index contributed by atoms with van der Waals surface area (Å²) in [5, 5.41) is 3.41. The van der Waals surface area contributed by atoms with Crippen LogP contribution in [0.15, 0.2) is 36.5 Å². The largest absolute Gasteiger partial charge is 0.320 e. The van der Waals surface area contributed by atoms with E-state index in [9.17, 15) is 4.79 Å². The lowest BCUT2D eigenvalue weighted by atomic mass is 10.1. The Morgan fingerprint density at radius 2 is 2.14 bits per heavy atom. The third kappa shape index (κ3) is 5.96. The molecule has 1 amide bonds. The fraction of sp³-hybridized carbons (Fsp3) is 0.333. The number of amides is 1. The number of carbonyl (C=O) groups is 1. The van der Waals surface area contributed by atoms with Gasteiger partial charge in [-0.2, -0.15) is 11.8 Å². The highest BCUT2D eigenvalue weighted by Gasteiger charge is 2.14. The van der Waals surface area contributed by atoms with Gasteiger partial charge in [-0.15, -0.1) is 23.7 Å². The van der Waals surface area contributed by atoms with Gasteiger partial charge in [-0.3, -0.25) is 4.79 Å². The van der Waals surface area contributed by atoms with Crippen LogP contribution < -0.4 is 11.1 Å². The highest BCUT2D eigenvalue weighted by molar-refractivity contribution is 7.98. The number of hydrogen-bond donors (Lipinski definition) is 2. The molecular formula is C15H20ClN3OS2. The Balaban J connectivity index is 0.00000242. The zero-order chi connectivity index (χ0) is 15.1. The Bertz CT molecular complexity index is 577. The summed E-state index contributed by atoms with van der Waals surface area (Å²) >= 11 is 3.18. The van der Waals surface area contributed by atoms with Crippen molar-refractivity contribution in [3.05, 3.63) is 47.0 Å². The van der Waals surface area contributed by atoms with E-state index in [2.05, 4.69) is 22.4 Å². The van der Waals surface area contributed by atoms with Crippen molar-refractivity contribution < 1.29 is 4.79 Å². The van der Waals surface area contributed by atoms with Gasteiger partial charge < -0.3 is 11.1 Å². The van der Waals surface area contributed by atoms with Crippen LogP contribution in [-0.2, 0) is 11.2 Å². The van der Waals surface area contributed by atoms with Crippen LogP contribution in [-0.4, -0.2) is 28.9 Å². The van der Waals surface area contributed by atoms with Crippen LogP contribution in [0.4, 0.5) is 5.13 Å². The van der Waals surface area contributed by atoms with Crippen molar-refractivity contribution in [3.63, 3.8) is 0 Å². The molecule has 0 unspecified atom stereocenters.